The van der Waals surface area contributed by atoms with E-state index < -0.39 is 0 Å². The first kappa shape index (κ1) is 11.1. The predicted octanol–water partition coefficient (Wildman–Crippen LogP) is 1.12. The van der Waals surface area contributed by atoms with E-state index in [9.17, 15) is 0 Å². The topological polar surface area (TPSA) is 94.5 Å². The Kier molecular flexibility index (Phi) is 2.65. The maximum absolute atomic E-state index is 5.39. The highest BCUT2D eigenvalue weighted by Gasteiger charge is 2.12. The molecule has 92 valence electrons. The smallest absolute Gasteiger partial charge is 0.240 e. The monoisotopic (exact) mass is 261 g/mol. The molecule has 0 radical (unpaired) electrons. The lowest BCUT2D eigenvalue weighted by Crippen LogP contribution is -2.12. The number of hydrazine groups is 1. The highest BCUT2D eigenvalue weighted by Crippen LogP contribution is 2.28. The van der Waals surface area contributed by atoms with Crippen molar-refractivity contribution < 1.29 is 0 Å². The van der Waals surface area contributed by atoms with Crippen LogP contribution in [0.3, 0.4) is 0 Å². The van der Waals surface area contributed by atoms with Crippen molar-refractivity contribution in [2.75, 3.05) is 5.43 Å². The number of rotatable bonds is 3. The SMILES string of the molecule is CCc1cc2c(-n3cncn3)nc(NN)nc2s1. The zero-order valence-corrected chi connectivity index (χ0v) is 10.5. The second-order valence-electron chi connectivity index (χ2n) is 3.64. The zero-order valence-electron chi connectivity index (χ0n) is 9.66. The summed E-state index contributed by atoms with van der Waals surface area (Å²) < 4.78 is 1.61. The van der Waals surface area contributed by atoms with E-state index in [1.54, 1.807) is 22.3 Å². The van der Waals surface area contributed by atoms with Crippen molar-refractivity contribution in [2.24, 2.45) is 5.84 Å². The summed E-state index contributed by atoms with van der Waals surface area (Å²) in [5.74, 6) is 6.44. The largest absolute Gasteiger partial charge is 0.292 e. The van der Waals surface area contributed by atoms with Crippen molar-refractivity contribution in [3.8, 4) is 5.82 Å². The van der Waals surface area contributed by atoms with Gasteiger partial charge in [-0.25, -0.2) is 20.5 Å². The van der Waals surface area contributed by atoms with Gasteiger partial charge >= 0.3 is 0 Å². The molecule has 3 aromatic heterocycles. The quantitative estimate of drug-likeness (QED) is 0.542. The first-order valence-corrected chi connectivity index (χ1v) is 6.25. The Morgan fingerprint density at radius 2 is 2.33 bits per heavy atom. The third kappa shape index (κ3) is 1.71. The lowest BCUT2D eigenvalue weighted by Gasteiger charge is -2.04. The fourth-order valence-electron chi connectivity index (χ4n) is 1.69. The molecule has 8 heteroatoms. The lowest BCUT2D eigenvalue weighted by molar-refractivity contribution is 0.850. The summed E-state index contributed by atoms with van der Waals surface area (Å²) in [6.45, 7) is 2.11. The Balaban J connectivity index is 2.30. The number of hydrogen-bond donors (Lipinski definition) is 2. The van der Waals surface area contributed by atoms with Crippen LogP contribution in [0, 0.1) is 0 Å². The first-order valence-electron chi connectivity index (χ1n) is 5.44. The van der Waals surface area contributed by atoms with E-state index in [-0.39, 0.29) is 0 Å². The zero-order chi connectivity index (χ0) is 12.5. The molecule has 0 aliphatic rings. The molecule has 0 atom stereocenters. The molecule has 0 aliphatic carbocycles. The van der Waals surface area contributed by atoms with Gasteiger partial charge in [-0.3, -0.25) is 5.43 Å². The van der Waals surface area contributed by atoms with Gasteiger partial charge in [0.05, 0.1) is 5.39 Å². The van der Waals surface area contributed by atoms with Crippen molar-refractivity contribution in [3.63, 3.8) is 0 Å². The van der Waals surface area contributed by atoms with Crippen molar-refractivity contribution >= 4 is 27.5 Å². The molecule has 0 saturated heterocycles. The molecule has 0 bridgehead atoms. The molecule has 0 fully saturated rings. The van der Waals surface area contributed by atoms with E-state index in [1.807, 2.05) is 0 Å². The maximum atomic E-state index is 5.39. The summed E-state index contributed by atoms with van der Waals surface area (Å²) in [6, 6.07) is 2.08. The maximum Gasteiger partial charge on any atom is 0.240 e. The van der Waals surface area contributed by atoms with Gasteiger partial charge in [-0.2, -0.15) is 10.1 Å². The first-order chi connectivity index (χ1) is 8.81. The lowest BCUT2D eigenvalue weighted by atomic mass is 10.3. The van der Waals surface area contributed by atoms with Crippen molar-refractivity contribution in [2.45, 2.75) is 13.3 Å². The molecule has 0 aromatic carbocycles. The van der Waals surface area contributed by atoms with Crippen molar-refractivity contribution in [1.82, 2.24) is 24.7 Å². The third-order valence-electron chi connectivity index (χ3n) is 2.54. The predicted molar refractivity (Wildman–Crippen MR) is 69.5 cm³/mol. The van der Waals surface area contributed by atoms with Crippen molar-refractivity contribution in [3.05, 3.63) is 23.6 Å². The van der Waals surface area contributed by atoms with Crippen LogP contribution in [0.1, 0.15) is 11.8 Å². The Labute approximate surface area is 107 Å². The van der Waals surface area contributed by atoms with Crippen molar-refractivity contribution in [1.29, 1.82) is 0 Å². The Hall–Kier alpha value is -2.06. The van der Waals surface area contributed by atoms with Crippen LogP contribution in [0.2, 0.25) is 0 Å². The van der Waals surface area contributed by atoms with E-state index in [0.29, 0.717) is 11.8 Å². The molecule has 3 heterocycles. The fourth-order valence-corrected chi connectivity index (χ4v) is 2.65. The summed E-state index contributed by atoms with van der Waals surface area (Å²) in [6.07, 6.45) is 4.03. The van der Waals surface area contributed by atoms with E-state index >= 15 is 0 Å². The highest BCUT2D eigenvalue weighted by molar-refractivity contribution is 7.18. The summed E-state index contributed by atoms with van der Waals surface area (Å²) in [7, 11) is 0. The number of aryl methyl sites for hydroxylation is 1. The number of nitrogen functional groups attached to an aromatic ring is 1. The fraction of sp³-hybridized carbons (Fsp3) is 0.200. The normalized spacial score (nSPS) is 11.0. The summed E-state index contributed by atoms with van der Waals surface area (Å²) in [5, 5.41) is 5.06. The summed E-state index contributed by atoms with van der Waals surface area (Å²) in [5.41, 5.74) is 2.47. The molecule has 0 saturated carbocycles. The molecular formula is C10H11N7S. The van der Waals surface area contributed by atoms with Gasteiger partial charge in [-0.15, -0.1) is 11.3 Å². The van der Waals surface area contributed by atoms with Crippen LogP contribution in [0.5, 0.6) is 0 Å². The van der Waals surface area contributed by atoms with Crippen LogP contribution in [0.4, 0.5) is 5.95 Å². The number of nitrogens with two attached hydrogens (primary N) is 1. The van der Waals surface area contributed by atoms with E-state index in [2.05, 4.69) is 38.5 Å². The second-order valence-corrected chi connectivity index (χ2v) is 4.76. The van der Waals surface area contributed by atoms with E-state index in [4.69, 9.17) is 5.84 Å². The number of nitrogens with one attached hydrogen (secondary N) is 1. The average molecular weight is 261 g/mol. The molecule has 18 heavy (non-hydrogen) atoms. The van der Waals surface area contributed by atoms with Gasteiger partial charge in [0.1, 0.15) is 17.5 Å². The molecular weight excluding hydrogens is 250 g/mol. The third-order valence-corrected chi connectivity index (χ3v) is 3.71. The number of anilines is 1. The standard InChI is InChI=1S/C10H11N7S/c1-2-6-3-7-8(17-5-12-4-13-17)14-10(16-11)15-9(7)18-6/h3-5H,2,11H2,1H3,(H,14,15,16). The Morgan fingerprint density at radius 1 is 1.44 bits per heavy atom. The van der Waals surface area contributed by atoms with Gasteiger partial charge < -0.3 is 0 Å². The minimum Gasteiger partial charge on any atom is -0.292 e. The molecule has 0 spiro atoms. The van der Waals surface area contributed by atoms with Gasteiger partial charge in [0.25, 0.3) is 0 Å². The molecule has 7 nitrogen and oxygen atoms in total. The second kappa shape index (κ2) is 4.31. The molecule has 3 aromatic rings. The number of aromatic nitrogens is 5. The molecule has 0 unspecified atom stereocenters. The molecule has 3 rings (SSSR count). The number of nitrogens with zero attached hydrogens (tertiary/aromatic N) is 5. The Morgan fingerprint density at radius 3 is 3.00 bits per heavy atom. The van der Waals surface area contributed by atoms with Gasteiger partial charge in [-0.05, 0) is 12.5 Å². The van der Waals surface area contributed by atoms with Gasteiger partial charge in [0, 0.05) is 4.88 Å². The molecule has 0 aliphatic heterocycles. The van der Waals surface area contributed by atoms with Crippen LogP contribution in [-0.2, 0) is 6.42 Å². The van der Waals surface area contributed by atoms with Crippen LogP contribution >= 0.6 is 11.3 Å². The van der Waals surface area contributed by atoms with Gasteiger partial charge in [-0.1, -0.05) is 6.92 Å². The van der Waals surface area contributed by atoms with Crippen LogP contribution in [0.15, 0.2) is 18.7 Å². The van der Waals surface area contributed by atoms with E-state index in [1.165, 1.54) is 11.2 Å². The van der Waals surface area contributed by atoms with Gasteiger partial charge in [0.15, 0.2) is 5.82 Å². The van der Waals surface area contributed by atoms with Crippen LogP contribution in [0.25, 0.3) is 16.0 Å². The van der Waals surface area contributed by atoms with Gasteiger partial charge in [0.2, 0.25) is 5.95 Å². The minimum atomic E-state index is 0.373. The highest BCUT2D eigenvalue weighted by atomic mass is 32.1. The minimum absolute atomic E-state index is 0.373. The number of fused-ring (bicyclic) bond motifs is 1. The molecule has 0 amide bonds. The Bertz CT molecular complexity index is 673. The molecule has 3 N–H and O–H groups in total. The number of thiophene rings is 1. The van der Waals surface area contributed by atoms with Crippen LogP contribution in [-0.4, -0.2) is 24.7 Å². The average Bonchev–Trinajstić information content (AvgIpc) is 3.05. The van der Waals surface area contributed by atoms with Crippen LogP contribution < -0.4 is 11.3 Å². The van der Waals surface area contributed by atoms with E-state index in [0.717, 1.165) is 16.6 Å². The summed E-state index contributed by atoms with van der Waals surface area (Å²) in [4.78, 5) is 14.7. The summed E-state index contributed by atoms with van der Waals surface area (Å²) >= 11 is 1.63. The number of hydrogen-bond acceptors (Lipinski definition) is 7.